The second-order valence-electron chi connectivity index (χ2n) is 10.0. The Morgan fingerprint density at radius 2 is 1.70 bits per heavy atom. The predicted molar refractivity (Wildman–Crippen MR) is 101 cm³/mol. The van der Waals surface area contributed by atoms with Crippen molar-refractivity contribution in [1.29, 1.82) is 0 Å². The van der Waals surface area contributed by atoms with Crippen LogP contribution in [-0.2, 0) is 9.59 Å². The molecule has 2 atom stereocenters. The third-order valence-electron chi connectivity index (χ3n) is 7.35. The van der Waals surface area contributed by atoms with E-state index in [0.29, 0.717) is 30.6 Å². The molecule has 4 fully saturated rings. The first kappa shape index (κ1) is 18.7. The van der Waals surface area contributed by atoms with E-state index in [9.17, 15) is 14.4 Å². The summed E-state index contributed by atoms with van der Waals surface area (Å²) in [6.45, 7) is 9.95. The summed E-state index contributed by atoms with van der Waals surface area (Å²) in [6, 6.07) is -0.399. The first-order chi connectivity index (χ1) is 12.7. The van der Waals surface area contributed by atoms with Gasteiger partial charge in [-0.2, -0.15) is 0 Å². The molecule has 150 valence electrons. The van der Waals surface area contributed by atoms with Crippen molar-refractivity contribution in [3.05, 3.63) is 0 Å². The van der Waals surface area contributed by atoms with Gasteiger partial charge in [0.15, 0.2) is 0 Å². The second kappa shape index (κ2) is 6.47. The van der Waals surface area contributed by atoms with Crippen LogP contribution in [0, 0.1) is 23.2 Å². The van der Waals surface area contributed by atoms with Crippen LogP contribution in [0.5, 0.6) is 0 Å². The summed E-state index contributed by atoms with van der Waals surface area (Å²) < 4.78 is 0. The highest BCUT2D eigenvalue weighted by Crippen LogP contribution is 2.43. The highest BCUT2D eigenvalue weighted by atomic mass is 16.2. The summed E-state index contributed by atoms with van der Waals surface area (Å²) in [4.78, 5) is 41.3. The lowest BCUT2D eigenvalue weighted by molar-refractivity contribution is -0.139. The lowest BCUT2D eigenvalue weighted by atomic mass is 9.67. The van der Waals surface area contributed by atoms with Crippen LogP contribution < -0.4 is 10.6 Å². The standard InChI is InChI=1S/C20H32N4O3/c1-19(2,3)15-4-6-20(7-5-15)17(26)24(18(27)22-20)12-16(25)23-10-13-8-21-9-14(13)11-23/h13-15,21H,4-12H2,1-3H3,(H,22,27)/t13-,14+,15?,20?. The van der Waals surface area contributed by atoms with E-state index in [1.54, 1.807) is 0 Å². The van der Waals surface area contributed by atoms with Crippen molar-refractivity contribution in [1.82, 2.24) is 20.4 Å². The van der Waals surface area contributed by atoms with Gasteiger partial charge in [0.1, 0.15) is 12.1 Å². The lowest BCUT2D eigenvalue weighted by Gasteiger charge is -2.40. The molecule has 3 saturated heterocycles. The number of rotatable bonds is 2. The number of imide groups is 1. The van der Waals surface area contributed by atoms with Gasteiger partial charge in [-0.25, -0.2) is 4.79 Å². The topological polar surface area (TPSA) is 81.8 Å². The van der Waals surface area contributed by atoms with Crippen molar-refractivity contribution in [2.45, 2.75) is 52.0 Å². The van der Waals surface area contributed by atoms with E-state index < -0.39 is 11.6 Å². The minimum absolute atomic E-state index is 0.103. The maximum atomic E-state index is 13.1. The van der Waals surface area contributed by atoms with Gasteiger partial charge in [0, 0.05) is 26.2 Å². The van der Waals surface area contributed by atoms with Crippen LogP contribution in [0.2, 0.25) is 0 Å². The summed E-state index contributed by atoms with van der Waals surface area (Å²) in [6.07, 6.45) is 3.20. The van der Waals surface area contributed by atoms with Crippen LogP contribution in [0.25, 0.3) is 0 Å². The Balaban J connectivity index is 1.38. The van der Waals surface area contributed by atoms with Crippen molar-refractivity contribution in [2.24, 2.45) is 23.2 Å². The molecule has 4 aliphatic rings. The van der Waals surface area contributed by atoms with Gasteiger partial charge in [-0.05, 0) is 48.9 Å². The summed E-state index contributed by atoms with van der Waals surface area (Å²) in [5, 5.41) is 6.29. The summed E-state index contributed by atoms with van der Waals surface area (Å²) in [7, 11) is 0. The Morgan fingerprint density at radius 1 is 1.11 bits per heavy atom. The highest BCUT2D eigenvalue weighted by Gasteiger charge is 2.54. The lowest BCUT2D eigenvalue weighted by Crippen LogP contribution is -2.51. The van der Waals surface area contributed by atoms with Crippen molar-refractivity contribution in [3.63, 3.8) is 0 Å². The van der Waals surface area contributed by atoms with E-state index in [-0.39, 0.29) is 23.8 Å². The van der Waals surface area contributed by atoms with Crippen molar-refractivity contribution < 1.29 is 14.4 Å². The summed E-state index contributed by atoms with van der Waals surface area (Å²) in [5.41, 5.74) is -0.573. The van der Waals surface area contributed by atoms with Gasteiger partial charge in [-0.1, -0.05) is 20.8 Å². The van der Waals surface area contributed by atoms with E-state index in [0.717, 1.165) is 43.9 Å². The van der Waals surface area contributed by atoms with E-state index >= 15 is 0 Å². The first-order valence-electron chi connectivity index (χ1n) is 10.3. The van der Waals surface area contributed by atoms with Gasteiger partial charge in [0.05, 0.1) is 0 Å². The summed E-state index contributed by atoms with van der Waals surface area (Å²) in [5.74, 6) is 1.27. The molecule has 1 spiro atoms. The number of urea groups is 1. The van der Waals surface area contributed by atoms with Gasteiger partial charge >= 0.3 is 6.03 Å². The van der Waals surface area contributed by atoms with Crippen LogP contribution >= 0.6 is 0 Å². The van der Waals surface area contributed by atoms with Crippen LogP contribution in [-0.4, -0.2) is 65.9 Å². The Morgan fingerprint density at radius 3 is 2.26 bits per heavy atom. The quantitative estimate of drug-likeness (QED) is 0.710. The van der Waals surface area contributed by atoms with Crippen molar-refractivity contribution in [3.8, 4) is 0 Å². The number of carbonyl (C=O) groups excluding carboxylic acids is 3. The number of hydrogen-bond acceptors (Lipinski definition) is 4. The maximum Gasteiger partial charge on any atom is 0.325 e. The second-order valence-corrected chi connectivity index (χ2v) is 10.0. The van der Waals surface area contributed by atoms with E-state index in [1.807, 2.05) is 4.90 Å². The molecule has 0 unspecified atom stereocenters. The molecule has 3 heterocycles. The zero-order valence-electron chi connectivity index (χ0n) is 16.7. The fourth-order valence-electron chi connectivity index (χ4n) is 5.43. The van der Waals surface area contributed by atoms with Crippen LogP contribution in [0.4, 0.5) is 4.79 Å². The summed E-state index contributed by atoms with van der Waals surface area (Å²) >= 11 is 0. The molecular weight excluding hydrogens is 344 g/mol. The molecule has 1 aliphatic carbocycles. The molecule has 0 aromatic rings. The SMILES string of the molecule is CC(C)(C)C1CCC2(CC1)NC(=O)N(CC(=O)N1C[C@H]3CNC[C@H]3C1)C2=O. The molecule has 4 amide bonds. The molecule has 0 aromatic carbocycles. The Labute approximate surface area is 161 Å². The minimum Gasteiger partial charge on any atom is -0.340 e. The zero-order valence-corrected chi connectivity index (χ0v) is 16.7. The molecule has 1 saturated carbocycles. The average molecular weight is 377 g/mol. The molecule has 3 aliphatic heterocycles. The number of amides is 4. The van der Waals surface area contributed by atoms with Crippen LogP contribution in [0.3, 0.4) is 0 Å². The number of likely N-dealkylation sites (tertiary alicyclic amines) is 1. The van der Waals surface area contributed by atoms with Crippen LogP contribution in [0.15, 0.2) is 0 Å². The molecule has 4 rings (SSSR count). The zero-order chi connectivity index (χ0) is 19.4. The first-order valence-corrected chi connectivity index (χ1v) is 10.3. The third kappa shape index (κ3) is 3.24. The van der Waals surface area contributed by atoms with Gasteiger partial charge in [-0.3, -0.25) is 14.5 Å². The van der Waals surface area contributed by atoms with Gasteiger partial charge in [-0.15, -0.1) is 0 Å². The van der Waals surface area contributed by atoms with Gasteiger partial charge in [0.25, 0.3) is 5.91 Å². The molecule has 2 N–H and O–H groups in total. The molecule has 0 radical (unpaired) electrons. The third-order valence-corrected chi connectivity index (χ3v) is 7.35. The number of hydrogen-bond donors (Lipinski definition) is 2. The highest BCUT2D eigenvalue weighted by molar-refractivity contribution is 6.09. The molecule has 0 aromatic heterocycles. The van der Waals surface area contributed by atoms with Crippen molar-refractivity contribution >= 4 is 17.8 Å². The molecular formula is C20H32N4O3. The van der Waals surface area contributed by atoms with Crippen LogP contribution in [0.1, 0.15) is 46.5 Å². The largest absolute Gasteiger partial charge is 0.340 e. The Bertz CT molecular complexity index is 636. The van der Waals surface area contributed by atoms with Gasteiger partial charge < -0.3 is 15.5 Å². The molecule has 0 bridgehead atoms. The van der Waals surface area contributed by atoms with E-state index in [1.165, 1.54) is 0 Å². The fourth-order valence-corrected chi connectivity index (χ4v) is 5.43. The molecule has 7 heteroatoms. The smallest absolute Gasteiger partial charge is 0.325 e. The monoisotopic (exact) mass is 376 g/mol. The van der Waals surface area contributed by atoms with E-state index in [2.05, 4.69) is 31.4 Å². The predicted octanol–water partition coefficient (Wildman–Crippen LogP) is 1.19. The number of nitrogens with zero attached hydrogens (tertiary/aromatic N) is 2. The van der Waals surface area contributed by atoms with E-state index in [4.69, 9.17) is 0 Å². The van der Waals surface area contributed by atoms with Gasteiger partial charge in [0.2, 0.25) is 5.91 Å². The van der Waals surface area contributed by atoms with Crippen molar-refractivity contribution in [2.75, 3.05) is 32.7 Å². The Kier molecular flexibility index (Phi) is 4.48. The maximum absolute atomic E-state index is 13.1. The number of fused-ring (bicyclic) bond motifs is 1. The average Bonchev–Trinajstić information content (AvgIpc) is 3.24. The molecule has 27 heavy (non-hydrogen) atoms. The molecule has 7 nitrogen and oxygen atoms in total. The fraction of sp³-hybridized carbons (Fsp3) is 0.850. The number of carbonyl (C=O) groups is 3. The Hall–Kier alpha value is -1.63. The number of nitrogens with one attached hydrogen (secondary N) is 2. The minimum atomic E-state index is -0.787. The normalized spacial score (nSPS) is 36.5.